The third kappa shape index (κ3) is 2.84. The largest absolute Gasteiger partial charge is 0.289 e. The first-order valence-corrected chi connectivity index (χ1v) is 5.07. The number of carbonyl (C=O) groups excluding carboxylic acids is 1. The van der Waals surface area contributed by atoms with Crippen molar-refractivity contribution in [1.29, 1.82) is 0 Å². The van der Waals surface area contributed by atoms with Crippen molar-refractivity contribution in [2.24, 2.45) is 0 Å². The zero-order valence-electron chi connectivity index (χ0n) is 8.79. The molecule has 1 nitrogen and oxygen atoms in total. The van der Waals surface area contributed by atoms with Crippen LogP contribution in [0.5, 0.6) is 0 Å². The van der Waals surface area contributed by atoms with Gasteiger partial charge in [-0.3, -0.25) is 4.79 Å². The van der Waals surface area contributed by atoms with E-state index in [1.807, 2.05) is 37.3 Å². The van der Waals surface area contributed by atoms with Crippen LogP contribution in [-0.4, -0.2) is 5.78 Å². The van der Waals surface area contributed by atoms with Crippen molar-refractivity contribution in [3.63, 3.8) is 0 Å². The van der Waals surface area contributed by atoms with Gasteiger partial charge >= 0.3 is 0 Å². The Balaban J connectivity index is 2.84. The summed E-state index contributed by atoms with van der Waals surface area (Å²) < 4.78 is 0. The summed E-state index contributed by atoms with van der Waals surface area (Å²) in [7, 11) is 0. The van der Waals surface area contributed by atoms with Crippen LogP contribution in [0.15, 0.2) is 36.4 Å². The Hall–Kier alpha value is -1.37. The lowest BCUT2D eigenvalue weighted by molar-refractivity contribution is 0.104. The molecular weight excluding hydrogens is 172 g/mol. The lowest BCUT2D eigenvalue weighted by atomic mass is 10.1. The Morgan fingerprint density at radius 3 is 2.79 bits per heavy atom. The summed E-state index contributed by atoms with van der Waals surface area (Å²) in [6, 6.07) is 7.80. The summed E-state index contributed by atoms with van der Waals surface area (Å²) in [5, 5.41) is 0. The van der Waals surface area contributed by atoms with E-state index in [0.29, 0.717) is 0 Å². The summed E-state index contributed by atoms with van der Waals surface area (Å²) in [4.78, 5) is 11.6. The molecule has 0 heterocycles. The Labute approximate surface area is 85.5 Å². The lowest BCUT2D eigenvalue weighted by Gasteiger charge is -1.99. The fraction of sp³-hybridized carbons (Fsp3) is 0.308. The first-order chi connectivity index (χ1) is 6.77. The molecule has 0 radical (unpaired) electrons. The van der Waals surface area contributed by atoms with Crippen molar-refractivity contribution in [2.75, 3.05) is 0 Å². The third-order valence-corrected chi connectivity index (χ3v) is 2.12. The highest BCUT2D eigenvalue weighted by molar-refractivity contribution is 6.04. The van der Waals surface area contributed by atoms with E-state index in [0.717, 1.165) is 18.4 Å². The molecule has 0 saturated carbocycles. The summed E-state index contributed by atoms with van der Waals surface area (Å²) in [5.74, 6) is 0.0992. The van der Waals surface area contributed by atoms with Crippen LogP contribution in [-0.2, 0) is 6.42 Å². The zero-order chi connectivity index (χ0) is 10.4. The van der Waals surface area contributed by atoms with Crippen LogP contribution in [0.2, 0.25) is 0 Å². The molecule has 0 unspecified atom stereocenters. The number of rotatable bonds is 4. The van der Waals surface area contributed by atoms with Crippen molar-refractivity contribution >= 4 is 5.78 Å². The molecule has 0 atom stereocenters. The molecule has 0 aliphatic rings. The Morgan fingerprint density at radius 1 is 1.36 bits per heavy atom. The van der Waals surface area contributed by atoms with Gasteiger partial charge in [0, 0.05) is 5.56 Å². The van der Waals surface area contributed by atoms with E-state index in [9.17, 15) is 4.79 Å². The number of allylic oxidation sites excluding steroid dienone is 2. The quantitative estimate of drug-likeness (QED) is 0.523. The van der Waals surface area contributed by atoms with Gasteiger partial charge in [0.05, 0.1) is 0 Å². The molecule has 0 aliphatic carbocycles. The van der Waals surface area contributed by atoms with Crippen LogP contribution >= 0.6 is 0 Å². The van der Waals surface area contributed by atoms with Gasteiger partial charge in [-0.05, 0) is 30.5 Å². The molecule has 0 fully saturated rings. The second kappa shape index (κ2) is 5.38. The maximum Gasteiger partial charge on any atom is 0.185 e. The fourth-order valence-electron chi connectivity index (χ4n) is 1.27. The van der Waals surface area contributed by atoms with Gasteiger partial charge in [0.1, 0.15) is 0 Å². The molecule has 1 aromatic rings. The van der Waals surface area contributed by atoms with Crippen LogP contribution in [0.1, 0.15) is 36.2 Å². The smallest absolute Gasteiger partial charge is 0.185 e. The highest BCUT2D eigenvalue weighted by Gasteiger charge is 2.00. The predicted octanol–water partition coefficient (Wildman–Crippen LogP) is 3.40. The molecule has 0 amide bonds. The zero-order valence-corrected chi connectivity index (χ0v) is 8.79. The van der Waals surface area contributed by atoms with Gasteiger partial charge in [0.15, 0.2) is 5.78 Å². The van der Waals surface area contributed by atoms with E-state index in [-0.39, 0.29) is 5.78 Å². The van der Waals surface area contributed by atoms with Gasteiger partial charge in [-0.15, -0.1) is 0 Å². The first kappa shape index (κ1) is 10.7. The molecule has 0 aliphatic heterocycles. The minimum absolute atomic E-state index is 0.0992. The molecule has 0 aromatic heterocycles. The summed E-state index contributed by atoms with van der Waals surface area (Å²) in [5.41, 5.74) is 2.00. The molecular formula is C13H16O. The number of carbonyl (C=O) groups is 1. The van der Waals surface area contributed by atoms with E-state index < -0.39 is 0 Å². The molecule has 0 saturated heterocycles. The molecule has 0 N–H and O–H groups in total. The number of hydrogen-bond acceptors (Lipinski definition) is 1. The van der Waals surface area contributed by atoms with Crippen molar-refractivity contribution in [2.45, 2.75) is 26.7 Å². The average molecular weight is 188 g/mol. The average Bonchev–Trinajstić information content (AvgIpc) is 2.26. The van der Waals surface area contributed by atoms with Crippen LogP contribution in [0.25, 0.3) is 0 Å². The van der Waals surface area contributed by atoms with Gasteiger partial charge in [0.25, 0.3) is 0 Å². The van der Waals surface area contributed by atoms with Crippen molar-refractivity contribution < 1.29 is 4.79 Å². The van der Waals surface area contributed by atoms with Gasteiger partial charge in [-0.1, -0.05) is 38.1 Å². The highest BCUT2D eigenvalue weighted by atomic mass is 16.1. The van der Waals surface area contributed by atoms with E-state index >= 15 is 0 Å². The summed E-state index contributed by atoms with van der Waals surface area (Å²) >= 11 is 0. The standard InChI is InChI=1S/C13H16O/c1-3-5-9-13(14)12-8-6-7-11(4-2)10-12/h5-10H,3-4H2,1-2H3/b9-5+. The van der Waals surface area contributed by atoms with Gasteiger partial charge < -0.3 is 0 Å². The minimum atomic E-state index is 0.0992. The molecule has 1 heteroatoms. The van der Waals surface area contributed by atoms with E-state index in [2.05, 4.69) is 6.92 Å². The second-order valence-electron chi connectivity index (χ2n) is 3.23. The topological polar surface area (TPSA) is 17.1 Å². The lowest BCUT2D eigenvalue weighted by Crippen LogP contribution is -1.95. The number of benzene rings is 1. The van der Waals surface area contributed by atoms with E-state index in [4.69, 9.17) is 0 Å². The number of ketones is 1. The number of aryl methyl sites for hydroxylation is 1. The fourth-order valence-corrected chi connectivity index (χ4v) is 1.27. The molecule has 1 rings (SSSR count). The Morgan fingerprint density at radius 2 is 2.14 bits per heavy atom. The molecule has 1 aromatic carbocycles. The summed E-state index contributed by atoms with van der Waals surface area (Å²) in [6.45, 7) is 4.11. The van der Waals surface area contributed by atoms with E-state index in [1.54, 1.807) is 6.08 Å². The van der Waals surface area contributed by atoms with Crippen molar-refractivity contribution in [3.05, 3.63) is 47.5 Å². The molecule has 0 spiro atoms. The highest BCUT2D eigenvalue weighted by Crippen LogP contribution is 2.07. The van der Waals surface area contributed by atoms with Gasteiger partial charge in [0.2, 0.25) is 0 Å². The minimum Gasteiger partial charge on any atom is -0.289 e. The normalized spacial score (nSPS) is 10.7. The third-order valence-electron chi connectivity index (χ3n) is 2.12. The van der Waals surface area contributed by atoms with Crippen LogP contribution in [0.4, 0.5) is 0 Å². The summed E-state index contributed by atoms with van der Waals surface area (Å²) in [6.07, 6.45) is 5.41. The van der Waals surface area contributed by atoms with E-state index in [1.165, 1.54) is 5.56 Å². The Kier molecular flexibility index (Phi) is 4.11. The first-order valence-electron chi connectivity index (χ1n) is 5.07. The predicted molar refractivity (Wildman–Crippen MR) is 59.6 cm³/mol. The molecule has 14 heavy (non-hydrogen) atoms. The molecule has 0 bridgehead atoms. The monoisotopic (exact) mass is 188 g/mol. The van der Waals surface area contributed by atoms with Crippen molar-refractivity contribution in [3.8, 4) is 0 Å². The Bertz CT molecular complexity index is 337. The molecule has 74 valence electrons. The maximum atomic E-state index is 11.6. The van der Waals surface area contributed by atoms with Crippen LogP contribution in [0.3, 0.4) is 0 Å². The van der Waals surface area contributed by atoms with Gasteiger partial charge in [-0.2, -0.15) is 0 Å². The van der Waals surface area contributed by atoms with Gasteiger partial charge in [-0.25, -0.2) is 0 Å². The van der Waals surface area contributed by atoms with Crippen LogP contribution in [0, 0.1) is 0 Å². The van der Waals surface area contributed by atoms with Crippen LogP contribution < -0.4 is 0 Å². The van der Waals surface area contributed by atoms with Crippen molar-refractivity contribution in [1.82, 2.24) is 0 Å². The maximum absolute atomic E-state index is 11.6. The SMILES string of the molecule is CC/C=C/C(=O)c1cccc(CC)c1. The number of hydrogen-bond donors (Lipinski definition) is 0. The second-order valence-corrected chi connectivity index (χ2v) is 3.23.